The minimum absolute atomic E-state index is 0.180. The standard InChI is InChI=1S/C15H24N2O/c1-4-9-17-10-8-16-14(17)11-13(18)12-6-5-7-15(12,2)3/h8,10,12H,4-7,9,11H2,1-3H3. The van der Waals surface area contributed by atoms with Crippen LogP contribution in [0.3, 0.4) is 0 Å². The molecular formula is C15H24N2O. The van der Waals surface area contributed by atoms with Crippen molar-refractivity contribution in [2.45, 2.75) is 59.4 Å². The molecule has 1 aromatic rings. The maximum Gasteiger partial charge on any atom is 0.144 e. The molecule has 0 saturated heterocycles. The molecule has 3 nitrogen and oxygen atoms in total. The molecule has 1 fully saturated rings. The van der Waals surface area contributed by atoms with Gasteiger partial charge in [0.1, 0.15) is 11.6 Å². The van der Waals surface area contributed by atoms with Crippen molar-refractivity contribution < 1.29 is 4.79 Å². The highest BCUT2D eigenvalue weighted by Crippen LogP contribution is 2.43. The first-order valence-corrected chi connectivity index (χ1v) is 7.07. The predicted molar refractivity (Wildman–Crippen MR) is 72.4 cm³/mol. The molecule has 0 bridgehead atoms. The topological polar surface area (TPSA) is 34.9 Å². The third-order valence-electron chi connectivity index (χ3n) is 4.24. The lowest BCUT2D eigenvalue weighted by atomic mass is 9.78. The Labute approximate surface area is 110 Å². The van der Waals surface area contributed by atoms with Crippen molar-refractivity contribution in [1.29, 1.82) is 0 Å². The number of aryl methyl sites for hydroxylation is 1. The smallest absolute Gasteiger partial charge is 0.144 e. The van der Waals surface area contributed by atoms with Crippen molar-refractivity contribution in [1.82, 2.24) is 9.55 Å². The zero-order valence-corrected chi connectivity index (χ0v) is 11.8. The number of carbonyl (C=O) groups is 1. The van der Waals surface area contributed by atoms with Crippen molar-refractivity contribution in [2.75, 3.05) is 0 Å². The summed E-state index contributed by atoms with van der Waals surface area (Å²) in [6, 6.07) is 0. The molecule has 0 spiro atoms. The van der Waals surface area contributed by atoms with E-state index in [1.807, 2.05) is 6.20 Å². The Kier molecular flexibility index (Phi) is 3.88. The number of carbonyl (C=O) groups excluding carboxylic acids is 1. The second kappa shape index (κ2) is 5.25. The molecule has 1 aliphatic carbocycles. The molecule has 2 rings (SSSR count). The number of hydrogen-bond acceptors (Lipinski definition) is 2. The van der Waals surface area contributed by atoms with Gasteiger partial charge in [-0.2, -0.15) is 0 Å². The van der Waals surface area contributed by atoms with Crippen molar-refractivity contribution in [3.63, 3.8) is 0 Å². The van der Waals surface area contributed by atoms with E-state index in [2.05, 4.69) is 30.3 Å². The lowest BCUT2D eigenvalue weighted by molar-refractivity contribution is -0.124. The third kappa shape index (κ3) is 2.65. The van der Waals surface area contributed by atoms with Gasteiger partial charge < -0.3 is 4.57 Å². The summed E-state index contributed by atoms with van der Waals surface area (Å²) in [5.74, 6) is 1.54. The van der Waals surface area contributed by atoms with Gasteiger partial charge >= 0.3 is 0 Å². The highest BCUT2D eigenvalue weighted by molar-refractivity contribution is 5.83. The Morgan fingerprint density at radius 3 is 2.94 bits per heavy atom. The normalized spacial score (nSPS) is 22.3. The molecule has 0 N–H and O–H groups in total. The van der Waals surface area contributed by atoms with E-state index in [0.29, 0.717) is 12.2 Å². The summed E-state index contributed by atoms with van der Waals surface area (Å²) in [7, 11) is 0. The van der Waals surface area contributed by atoms with Gasteiger partial charge in [-0.05, 0) is 24.7 Å². The molecule has 100 valence electrons. The monoisotopic (exact) mass is 248 g/mol. The summed E-state index contributed by atoms with van der Waals surface area (Å²) >= 11 is 0. The predicted octanol–water partition coefficient (Wildman–Crippen LogP) is 3.23. The molecule has 1 aliphatic rings. The fourth-order valence-corrected chi connectivity index (χ4v) is 3.15. The van der Waals surface area contributed by atoms with E-state index in [4.69, 9.17) is 0 Å². The van der Waals surface area contributed by atoms with Crippen LogP contribution in [0.2, 0.25) is 0 Å². The molecule has 0 amide bonds. The number of ketones is 1. The van der Waals surface area contributed by atoms with Crippen LogP contribution in [0.4, 0.5) is 0 Å². The molecular weight excluding hydrogens is 224 g/mol. The summed E-state index contributed by atoms with van der Waals surface area (Å²) in [6.07, 6.45) is 8.78. The van der Waals surface area contributed by atoms with Crippen LogP contribution in [0.25, 0.3) is 0 Å². The van der Waals surface area contributed by atoms with Gasteiger partial charge in [-0.3, -0.25) is 4.79 Å². The summed E-state index contributed by atoms with van der Waals surface area (Å²) in [5, 5.41) is 0. The fourth-order valence-electron chi connectivity index (χ4n) is 3.15. The minimum Gasteiger partial charge on any atom is -0.335 e. The number of rotatable bonds is 5. The Balaban J connectivity index is 2.05. The molecule has 1 atom stereocenters. The van der Waals surface area contributed by atoms with Crippen molar-refractivity contribution in [2.24, 2.45) is 11.3 Å². The number of nitrogens with zero attached hydrogens (tertiary/aromatic N) is 2. The van der Waals surface area contributed by atoms with Crippen molar-refractivity contribution in [3.8, 4) is 0 Å². The Hall–Kier alpha value is -1.12. The van der Waals surface area contributed by atoms with E-state index in [1.54, 1.807) is 6.20 Å². The second-order valence-corrected chi connectivity index (χ2v) is 6.11. The van der Waals surface area contributed by atoms with Gasteiger partial charge in [0.25, 0.3) is 0 Å². The second-order valence-electron chi connectivity index (χ2n) is 6.11. The van der Waals surface area contributed by atoms with Crippen LogP contribution in [0.1, 0.15) is 52.3 Å². The van der Waals surface area contributed by atoms with Gasteiger partial charge in [0.15, 0.2) is 0 Å². The van der Waals surface area contributed by atoms with Crippen LogP contribution in [0, 0.1) is 11.3 Å². The first-order valence-electron chi connectivity index (χ1n) is 7.07. The van der Waals surface area contributed by atoms with Crippen LogP contribution in [0.15, 0.2) is 12.4 Å². The van der Waals surface area contributed by atoms with Crippen molar-refractivity contribution in [3.05, 3.63) is 18.2 Å². The number of hydrogen-bond donors (Lipinski definition) is 0. The highest BCUT2D eigenvalue weighted by atomic mass is 16.1. The number of aromatic nitrogens is 2. The van der Waals surface area contributed by atoms with Gasteiger partial charge in [0.05, 0.1) is 6.42 Å². The van der Waals surface area contributed by atoms with E-state index in [9.17, 15) is 4.79 Å². The number of imidazole rings is 1. The average molecular weight is 248 g/mol. The Morgan fingerprint density at radius 1 is 1.56 bits per heavy atom. The van der Waals surface area contributed by atoms with Gasteiger partial charge in [-0.25, -0.2) is 4.98 Å². The van der Waals surface area contributed by atoms with Crippen LogP contribution < -0.4 is 0 Å². The summed E-state index contributed by atoms with van der Waals surface area (Å²) < 4.78 is 2.11. The summed E-state index contributed by atoms with van der Waals surface area (Å²) in [5.41, 5.74) is 0.180. The SMILES string of the molecule is CCCn1ccnc1CC(=O)C1CCCC1(C)C. The zero-order valence-electron chi connectivity index (χ0n) is 11.8. The van der Waals surface area contributed by atoms with E-state index < -0.39 is 0 Å². The Morgan fingerprint density at radius 2 is 2.33 bits per heavy atom. The molecule has 1 unspecified atom stereocenters. The van der Waals surface area contributed by atoms with Crippen LogP contribution in [-0.2, 0) is 17.8 Å². The van der Waals surface area contributed by atoms with Crippen molar-refractivity contribution >= 4 is 5.78 Å². The quantitative estimate of drug-likeness (QED) is 0.802. The molecule has 0 radical (unpaired) electrons. The largest absolute Gasteiger partial charge is 0.335 e. The van der Waals surface area contributed by atoms with E-state index in [0.717, 1.165) is 25.2 Å². The lowest BCUT2D eigenvalue weighted by Gasteiger charge is -2.25. The van der Waals surface area contributed by atoms with Crippen LogP contribution in [-0.4, -0.2) is 15.3 Å². The molecule has 3 heteroatoms. The average Bonchev–Trinajstić information content (AvgIpc) is 2.86. The van der Waals surface area contributed by atoms with Gasteiger partial charge in [-0.1, -0.05) is 27.2 Å². The molecule has 1 saturated carbocycles. The van der Waals surface area contributed by atoms with E-state index in [-0.39, 0.29) is 11.3 Å². The summed E-state index contributed by atoms with van der Waals surface area (Å²) in [6.45, 7) is 7.55. The molecule has 1 aromatic heterocycles. The summed E-state index contributed by atoms with van der Waals surface area (Å²) in [4.78, 5) is 16.8. The minimum atomic E-state index is 0.180. The van der Waals surface area contributed by atoms with Crippen LogP contribution in [0.5, 0.6) is 0 Å². The van der Waals surface area contributed by atoms with E-state index >= 15 is 0 Å². The van der Waals surface area contributed by atoms with Gasteiger partial charge in [-0.15, -0.1) is 0 Å². The van der Waals surface area contributed by atoms with Gasteiger partial charge in [0, 0.05) is 24.9 Å². The van der Waals surface area contributed by atoms with Gasteiger partial charge in [0.2, 0.25) is 0 Å². The zero-order chi connectivity index (χ0) is 13.2. The first-order chi connectivity index (χ1) is 8.54. The maximum absolute atomic E-state index is 12.4. The number of Topliss-reactive ketones (excluding diaryl/α,β-unsaturated/α-hetero) is 1. The van der Waals surface area contributed by atoms with Crippen LogP contribution >= 0.6 is 0 Å². The maximum atomic E-state index is 12.4. The van der Waals surface area contributed by atoms with E-state index in [1.165, 1.54) is 12.8 Å². The molecule has 0 aliphatic heterocycles. The fraction of sp³-hybridized carbons (Fsp3) is 0.733. The Bertz CT molecular complexity index is 420. The molecule has 0 aromatic carbocycles. The lowest BCUT2D eigenvalue weighted by Crippen LogP contribution is -2.28. The highest BCUT2D eigenvalue weighted by Gasteiger charge is 2.39. The molecule has 1 heterocycles. The third-order valence-corrected chi connectivity index (χ3v) is 4.24. The molecule has 18 heavy (non-hydrogen) atoms. The first kappa shape index (κ1) is 13.3.